The second-order valence-corrected chi connectivity index (χ2v) is 9.69. The Balaban J connectivity index is 1.83. The van der Waals surface area contributed by atoms with E-state index in [1.807, 2.05) is 12.1 Å². The van der Waals surface area contributed by atoms with Crippen molar-refractivity contribution >= 4 is 23.5 Å². The number of rotatable bonds is 5. The molecule has 0 saturated carbocycles. The highest BCUT2D eigenvalue weighted by atomic mass is 16.6. The molecule has 2 aliphatic heterocycles. The summed E-state index contributed by atoms with van der Waals surface area (Å²) in [7, 11) is 0. The van der Waals surface area contributed by atoms with Crippen LogP contribution in [0.3, 0.4) is 0 Å². The van der Waals surface area contributed by atoms with Crippen LogP contribution in [0.1, 0.15) is 38.8 Å². The predicted molar refractivity (Wildman–Crippen MR) is 133 cm³/mol. The average Bonchev–Trinajstić information content (AvgIpc) is 3.06. The summed E-state index contributed by atoms with van der Waals surface area (Å²) in [6.07, 6.45) is 0. The van der Waals surface area contributed by atoms with Gasteiger partial charge in [-0.15, -0.1) is 0 Å². The normalized spacial score (nSPS) is 18.9. The van der Waals surface area contributed by atoms with Crippen LogP contribution in [0.15, 0.2) is 77.4 Å². The van der Waals surface area contributed by atoms with E-state index in [4.69, 9.17) is 19.9 Å². The van der Waals surface area contributed by atoms with Crippen molar-refractivity contribution in [2.45, 2.75) is 45.3 Å². The minimum Gasteiger partial charge on any atom is -0.459 e. The molecule has 2 aromatic carbocycles. The molecule has 2 aromatic rings. The molecule has 9 nitrogen and oxygen atoms in total. The van der Waals surface area contributed by atoms with Crippen molar-refractivity contribution in [3.05, 3.63) is 88.5 Å². The number of anilines is 1. The van der Waals surface area contributed by atoms with Crippen molar-refractivity contribution in [2.24, 2.45) is 5.73 Å². The summed E-state index contributed by atoms with van der Waals surface area (Å²) in [5.74, 6) is -2.47. The highest BCUT2D eigenvalue weighted by Crippen LogP contribution is 2.54. The topological polar surface area (TPSA) is 132 Å². The zero-order chi connectivity index (χ0) is 27.0. The molecule has 0 saturated heterocycles. The number of ether oxygens (including phenoxy) is 3. The van der Waals surface area contributed by atoms with E-state index in [1.165, 1.54) is 11.8 Å². The van der Waals surface area contributed by atoms with Crippen LogP contribution in [0.2, 0.25) is 0 Å². The number of fused-ring (bicyclic) bond motifs is 2. The molecule has 1 unspecified atom stereocenters. The summed E-state index contributed by atoms with van der Waals surface area (Å²) in [5.41, 5.74) is 4.35. The molecule has 37 heavy (non-hydrogen) atoms. The monoisotopic (exact) mass is 501 g/mol. The van der Waals surface area contributed by atoms with Gasteiger partial charge >= 0.3 is 11.9 Å². The average molecular weight is 502 g/mol. The maximum Gasteiger partial charge on any atom is 0.339 e. The number of amides is 1. The van der Waals surface area contributed by atoms with Gasteiger partial charge in [0, 0.05) is 11.3 Å². The van der Waals surface area contributed by atoms with Gasteiger partial charge in [0.05, 0.1) is 0 Å². The lowest BCUT2D eigenvalue weighted by atomic mass is 9.68. The first-order chi connectivity index (χ1) is 17.5. The smallest absolute Gasteiger partial charge is 0.339 e. The van der Waals surface area contributed by atoms with Crippen molar-refractivity contribution in [1.82, 2.24) is 0 Å². The molecule has 9 heteroatoms. The summed E-state index contributed by atoms with van der Waals surface area (Å²) in [4.78, 5) is 41.8. The largest absolute Gasteiger partial charge is 0.459 e. The van der Waals surface area contributed by atoms with Gasteiger partial charge in [0.25, 0.3) is 0 Å². The number of nitriles is 1. The first-order valence-corrected chi connectivity index (χ1v) is 11.6. The Morgan fingerprint density at radius 2 is 1.76 bits per heavy atom. The molecule has 0 bridgehead atoms. The molecule has 2 N–H and O–H groups in total. The molecule has 0 aromatic heterocycles. The van der Waals surface area contributed by atoms with Crippen LogP contribution in [0.5, 0.6) is 0 Å². The van der Waals surface area contributed by atoms with Gasteiger partial charge < -0.3 is 19.9 Å². The zero-order valence-electron chi connectivity index (χ0n) is 21.0. The van der Waals surface area contributed by atoms with Crippen molar-refractivity contribution in [3.8, 4) is 6.07 Å². The van der Waals surface area contributed by atoms with E-state index in [2.05, 4.69) is 0 Å². The van der Waals surface area contributed by atoms with Crippen molar-refractivity contribution in [2.75, 3.05) is 11.4 Å². The lowest BCUT2D eigenvalue weighted by molar-refractivity contribution is -0.153. The lowest BCUT2D eigenvalue weighted by Gasteiger charge is -2.34. The van der Waals surface area contributed by atoms with Gasteiger partial charge in [0.15, 0.2) is 5.41 Å². The first-order valence-electron chi connectivity index (χ1n) is 11.6. The summed E-state index contributed by atoms with van der Waals surface area (Å²) in [5, 5.41) is 10.1. The number of carbonyl (C=O) groups excluding carboxylic acids is 3. The van der Waals surface area contributed by atoms with Crippen molar-refractivity contribution < 1.29 is 28.6 Å². The lowest BCUT2D eigenvalue weighted by Crippen LogP contribution is -2.49. The number of hydrogen-bond acceptors (Lipinski definition) is 8. The highest BCUT2D eigenvalue weighted by Gasteiger charge is 2.62. The van der Waals surface area contributed by atoms with Crippen LogP contribution < -0.4 is 10.6 Å². The van der Waals surface area contributed by atoms with Gasteiger partial charge in [-0.2, -0.15) is 5.26 Å². The maximum absolute atomic E-state index is 14.3. The number of carbonyl (C=O) groups is 3. The number of nitrogens with two attached hydrogens (primary N) is 1. The minimum absolute atomic E-state index is 0.0248. The second kappa shape index (κ2) is 9.47. The van der Waals surface area contributed by atoms with Gasteiger partial charge in [-0.25, -0.2) is 4.79 Å². The molecule has 2 aliphatic rings. The van der Waals surface area contributed by atoms with Crippen molar-refractivity contribution in [3.63, 3.8) is 0 Å². The molecule has 1 amide bonds. The third-order valence-electron chi connectivity index (χ3n) is 6.01. The van der Waals surface area contributed by atoms with Crippen molar-refractivity contribution in [1.29, 1.82) is 5.26 Å². The van der Waals surface area contributed by atoms with E-state index in [1.54, 1.807) is 69.3 Å². The van der Waals surface area contributed by atoms with Crippen LogP contribution in [-0.2, 0) is 40.6 Å². The Bertz CT molecular complexity index is 1380. The fraction of sp³-hybridized carbons (Fsp3) is 0.286. The third-order valence-corrected chi connectivity index (χ3v) is 6.01. The molecule has 0 fully saturated rings. The van der Waals surface area contributed by atoms with Crippen LogP contribution in [0.4, 0.5) is 5.69 Å². The van der Waals surface area contributed by atoms with Crippen LogP contribution in [0.25, 0.3) is 0 Å². The Morgan fingerprint density at radius 1 is 1.11 bits per heavy atom. The fourth-order valence-electron chi connectivity index (χ4n) is 4.67. The second-order valence-electron chi connectivity index (χ2n) is 9.69. The number of esters is 2. The van der Waals surface area contributed by atoms with Gasteiger partial charge in [-0.3, -0.25) is 14.5 Å². The summed E-state index contributed by atoms with van der Waals surface area (Å²) < 4.78 is 16.6. The van der Waals surface area contributed by atoms with E-state index in [0.717, 1.165) is 5.56 Å². The van der Waals surface area contributed by atoms with Crippen LogP contribution in [0, 0.1) is 11.3 Å². The molecule has 1 spiro atoms. The van der Waals surface area contributed by atoms with Gasteiger partial charge in [0.1, 0.15) is 41.7 Å². The standard InChI is InChI=1S/C28H27N3O6/c1-17-23(25(33)35-16-18-10-6-5-7-11-18)28(20(14-29)24(30)36-17)19-12-8-9-13-21(19)31(26(28)34)15-22(32)37-27(2,3)4/h5-13H,15-16,30H2,1-4H3. The Kier molecular flexibility index (Phi) is 6.53. The quantitative estimate of drug-likeness (QED) is 0.617. The number of para-hydroxylation sites is 1. The molecule has 4 rings (SSSR count). The minimum atomic E-state index is -1.95. The molecule has 1 atom stereocenters. The van der Waals surface area contributed by atoms with Crippen LogP contribution >= 0.6 is 0 Å². The number of hydrogen-bond donors (Lipinski definition) is 1. The fourth-order valence-corrected chi connectivity index (χ4v) is 4.67. The summed E-state index contributed by atoms with van der Waals surface area (Å²) >= 11 is 0. The van der Waals surface area contributed by atoms with E-state index < -0.39 is 35.4 Å². The molecular weight excluding hydrogens is 474 g/mol. The number of benzene rings is 2. The van der Waals surface area contributed by atoms with Gasteiger partial charge in [-0.1, -0.05) is 48.5 Å². The number of nitrogens with zero attached hydrogens (tertiary/aromatic N) is 2. The highest BCUT2D eigenvalue weighted by molar-refractivity contribution is 6.19. The van der Waals surface area contributed by atoms with Gasteiger partial charge in [0.2, 0.25) is 11.8 Å². The molecule has 190 valence electrons. The van der Waals surface area contributed by atoms with E-state index >= 15 is 0 Å². The maximum atomic E-state index is 14.3. The third kappa shape index (κ3) is 4.42. The molecule has 0 radical (unpaired) electrons. The van der Waals surface area contributed by atoms with E-state index in [0.29, 0.717) is 11.3 Å². The van der Waals surface area contributed by atoms with Gasteiger partial charge in [-0.05, 0) is 39.3 Å². The summed E-state index contributed by atoms with van der Waals surface area (Å²) in [6.45, 7) is 6.14. The van der Waals surface area contributed by atoms with Crippen LogP contribution in [-0.4, -0.2) is 30.0 Å². The Labute approximate surface area is 214 Å². The zero-order valence-corrected chi connectivity index (χ0v) is 21.0. The number of allylic oxidation sites excluding steroid dienone is 1. The Morgan fingerprint density at radius 3 is 2.41 bits per heavy atom. The first kappa shape index (κ1) is 25.5. The molecule has 2 heterocycles. The predicted octanol–water partition coefficient (Wildman–Crippen LogP) is 3.35. The van der Waals surface area contributed by atoms with E-state index in [-0.39, 0.29) is 29.4 Å². The SMILES string of the molecule is CC1=C(C(=O)OCc2ccccc2)C2(C(=O)N(CC(=O)OC(C)(C)C)c3ccccc32)C(C#N)=C(N)O1. The van der Waals surface area contributed by atoms with E-state index in [9.17, 15) is 19.6 Å². The Hall–Kier alpha value is -4.58. The molecule has 0 aliphatic carbocycles. The summed E-state index contributed by atoms with van der Waals surface area (Å²) in [6, 6.07) is 17.6. The molecular formula is C28H27N3O6.